The Balaban J connectivity index is 3.31. The van der Waals surface area contributed by atoms with Crippen LogP contribution in [0.2, 0.25) is 0 Å². The van der Waals surface area contributed by atoms with Gasteiger partial charge in [0, 0.05) is 11.8 Å². The molecule has 11 heavy (non-hydrogen) atoms. The number of amides is 1. The Morgan fingerprint density at radius 1 is 1.55 bits per heavy atom. The van der Waals surface area contributed by atoms with E-state index in [1.165, 1.54) is 12.1 Å². The maximum absolute atomic E-state index is 10.7. The Morgan fingerprint density at radius 3 is 2.64 bits per heavy atom. The SMILES string of the molecule is Cc1[nH]c(=O)ccc1C(N)=O. The first-order valence-electron chi connectivity index (χ1n) is 3.11. The number of H-pyrrole nitrogens is 1. The predicted octanol–water partition coefficient (Wildman–Crippen LogP) is -0.218. The minimum absolute atomic E-state index is 0.229. The van der Waals surface area contributed by atoms with Gasteiger partial charge in [0.2, 0.25) is 11.5 Å². The molecule has 1 rings (SSSR count). The second-order valence-electron chi connectivity index (χ2n) is 2.23. The van der Waals surface area contributed by atoms with Crippen LogP contribution in [-0.2, 0) is 0 Å². The lowest BCUT2D eigenvalue weighted by Crippen LogP contribution is -2.16. The van der Waals surface area contributed by atoms with E-state index in [1.807, 2.05) is 0 Å². The van der Waals surface area contributed by atoms with Crippen molar-refractivity contribution in [1.29, 1.82) is 0 Å². The first kappa shape index (κ1) is 7.53. The highest BCUT2D eigenvalue weighted by Gasteiger charge is 2.03. The molecular weight excluding hydrogens is 144 g/mol. The summed E-state index contributed by atoms with van der Waals surface area (Å²) in [6, 6.07) is 2.68. The number of nitrogens with one attached hydrogen (secondary N) is 1. The molecule has 1 aromatic heterocycles. The zero-order valence-electron chi connectivity index (χ0n) is 6.05. The number of aromatic amines is 1. The van der Waals surface area contributed by atoms with Crippen LogP contribution in [0.4, 0.5) is 0 Å². The van der Waals surface area contributed by atoms with Crippen molar-refractivity contribution in [3.63, 3.8) is 0 Å². The first-order valence-corrected chi connectivity index (χ1v) is 3.11. The average Bonchev–Trinajstić information content (AvgIpc) is 1.85. The van der Waals surface area contributed by atoms with Gasteiger partial charge in [-0.25, -0.2) is 0 Å². The van der Waals surface area contributed by atoms with E-state index in [9.17, 15) is 9.59 Å². The number of primary amides is 1. The number of aryl methyl sites for hydroxylation is 1. The maximum atomic E-state index is 10.7. The fourth-order valence-corrected chi connectivity index (χ4v) is 0.845. The fourth-order valence-electron chi connectivity index (χ4n) is 0.845. The molecule has 0 aromatic carbocycles. The van der Waals surface area contributed by atoms with Gasteiger partial charge in [0.15, 0.2) is 0 Å². The molecule has 0 bridgehead atoms. The summed E-state index contributed by atoms with van der Waals surface area (Å²) in [6.45, 7) is 1.63. The first-order chi connectivity index (χ1) is 5.11. The molecule has 0 unspecified atom stereocenters. The highest BCUT2D eigenvalue weighted by atomic mass is 16.1. The lowest BCUT2D eigenvalue weighted by atomic mass is 10.2. The summed E-state index contributed by atoms with van der Waals surface area (Å²) in [4.78, 5) is 23.8. The molecule has 0 aliphatic carbocycles. The summed E-state index contributed by atoms with van der Waals surface area (Å²) < 4.78 is 0. The monoisotopic (exact) mass is 152 g/mol. The van der Waals surface area contributed by atoms with Gasteiger partial charge < -0.3 is 10.7 Å². The molecule has 0 saturated carbocycles. The van der Waals surface area contributed by atoms with Crippen LogP contribution in [0.15, 0.2) is 16.9 Å². The standard InChI is InChI=1S/C7H8N2O2/c1-4-5(7(8)11)2-3-6(10)9-4/h2-3H,1H3,(H2,8,11)(H,9,10). The van der Waals surface area contributed by atoms with Gasteiger partial charge in [-0.05, 0) is 13.0 Å². The average molecular weight is 152 g/mol. The van der Waals surface area contributed by atoms with Gasteiger partial charge in [0.25, 0.3) is 0 Å². The number of carbonyl (C=O) groups is 1. The van der Waals surface area contributed by atoms with Crippen molar-refractivity contribution in [3.05, 3.63) is 33.7 Å². The van der Waals surface area contributed by atoms with Gasteiger partial charge >= 0.3 is 0 Å². The molecule has 4 nitrogen and oxygen atoms in total. The minimum atomic E-state index is -0.529. The summed E-state index contributed by atoms with van der Waals surface area (Å²) in [5, 5.41) is 0. The second kappa shape index (κ2) is 2.57. The molecule has 0 fully saturated rings. The predicted molar refractivity (Wildman–Crippen MR) is 40.3 cm³/mol. The maximum Gasteiger partial charge on any atom is 0.250 e. The molecule has 0 spiro atoms. The van der Waals surface area contributed by atoms with Crippen LogP contribution in [0.3, 0.4) is 0 Å². The summed E-state index contributed by atoms with van der Waals surface area (Å²) in [6.07, 6.45) is 0. The third-order valence-electron chi connectivity index (χ3n) is 1.38. The normalized spacial score (nSPS) is 9.55. The Bertz CT molecular complexity index is 341. The van der Waals surface area contributed by atoms with Crippen molar-refractivity contribution in [2.24, 2.45) is 5.73 Å². The highest BCUT2D eigenvalue weighted by Crippen LogP contribution is 1.98. The Morgan fingerprint density at radius 2 is 2.18 bits per heavy atom. The molecule has 3 N–H and O–H groups in total. The van der Waals surface area contributed by atoms with E-state index in [1.54, 1.807) is 6.92 Å². The van der Waals surface area contributed by atoms with Gasteiger partial charge in [-0.15, -0.1) is 0 Å². The van der Waals surface area contributed by atoms with E-state index < -0.39 is 5.91 Å². The lowest BCUT2D eigenvalue weighted by molar-refractivity contribution is 0.0999. The van der Waals surface area contributed by atoms with E-state index in [-0.39, 0.29) is 5.56 Å². The molecule has 0 aliphatic rings. The number of aromatic nitrogens is 1. The highest BCUT2D eigenvalue weighted by molar-refractivity contribution is 5.93. The van der Waals surface area contributed by atoms with Crippen LogP contribution in [0.5, 0.6) is 0 Å². The molecule has 1 amide bonds. The van der Waals surface area contributed by atoms with Crippen molar-refractivity contribution in [1.82, 2.24) is 4.98 Å². The van der Waals surface area contributed by atoms with Crippen LogP contribution in [0.1, 0.15) is 16.1 Å². The van der Waals surface area contributed by atoms with Crippen molar-refractivity contribution >= 4 is 5.91 Å². The quantitative estimate of drug-likeness (QED) is 0.583. The summed E-state index contributed by atoms with van der Waals surface area (Å²) in [5.74, 6) is -0.529. The zero-order valence-corrected chi connectivity index (χ0v) is 6.05. The molecule has 1 heterocycles. The van der Waals surface area contributed by atoms with Crippen LogP contribution in [-0.4, -0.2) is 10.9 Å². The number of nitrogens with two attached hydrogens (primary N) is 1. The van der Waals surface area contributed by atoms with E-state index in [0.717, 1.165) is 0 Å². The fraction of sp³-hybridized carbons (Fsp3) is 0.143. The molecule has 1 aromatic rings. The molecule has 58 valence electrons. The molecule has 0 saturated heterocycles. The largest absolute Gasteiger partial charge is 0.366 e. The number of rotatable bonds is 1. The molecule has 0 aliphatic heterocycles. The van der Waals surface area contributed by atoms with Crippen LogP contribution < -0.4 is 11.3 Å². The number of hydrogen-bond donors (Lipinski definition) is 2. The molecule has 0 radical (unpaired) electrons. The second-order valence-corrected chi connectivity index (χ2v) is 2.23. The Hall–Kier alpha value is -1.58. The zero-order chi connectivity index (χ0) is 8.43. The summed E-state index contributed by atoms with van der Waals surface area (Å²) in [7, 11) is 0. The number of carbonyl (C=O) groups excluding carboxylic acids is 1. The van der Waals surface area contributed by atoms with Gasteiger partial charge in [0.1, 0.15) is 0 Å². The smallest absolute Gasteiger partial charge is 0.250 e. The van der Waals surface area contributed by atoms with E-state index in [2.05, 4.69) is 4.98 Å². The van der Waals surface area contributed by atoms with Gasteiger partial charge in [-0.1, -0.05) is 0 Å². The third kappa shape index (κ3) is 1.46. The van der Waals surface area contributed by atoms with E-state index >= 15 is 0 Å². The lowest BCUT2D eigenvalue weighted by Gasteiger charge is -1.97. The van der Waals surface area contributed by atoms with Crippen LogP contribution >= 0.6 is 0 Å². The molecule has 0 atom stereocenters. The summed E-state index contributed by atoms with van der Waals surface area (Å²) >= 11 is 0. The molecule has 4 heteroatoms. The Labute approximate surface area is 63.0 Å². The summed E-state index contributed by atoms with van der Waals surface area (Å²) in [5.41, 5.74) is 5.63. The van der Waals surface area contributed by atoms with E-state index in [0.29, 0.717) is 11.3 Å². The van der Waals surface area contributed by atoms with Gasteiger partial charge in [-0.3, -0.25) is 9.59 Å². The van der Waals surface area contributed by atoms with E-state index in [4.69, 9.17) is 5.73 Å². The van der Waals surface area contributed by atoms with Crippen LogP contribution in [0, 0.1) is 6.92 Å². The molecular formula is C7H8N2O2. The van der Waals surface area contributed by atoms with Gasteiger partial charge in [0.05, 0.1) is 5.56 Å². The topological polar surface area (TPSA) is 75.9 Å². The third-order valence-corrected chi connectivity index (χ3v) is 1.38. The van der Waals surface area contributed by atoms with Crippen molar-refractivity contribution in [3.8, 4) is 0 Å². The van der Waals surface area contributed by atoms with Crippen molar-refractivity contribution < 1.29 is 4.79 Å². The Kier molecular flexibility index (Phi) is 1.76. The number of hydrogen-bond acceptors (Lipinski definition) is 2. The van der Waals surface area contributed by atoms with Crippen molar-refractivity contribution in [2.45, 2.75) is 6.92 Å². The minimum Gasteiger partial charge on any atom is -0.366 e. The number of pyridine rings is 1. The van der Waals surface area contributed by atoms with Crippen LogP contribution in [0.25, 0.3) is 0 Å². The van der Waals surface area contributed by atoms with Crippen molar-refractivity contribution in [2.75, 3.05) is 0 Å². The van der Waals surface area contributed by atoms with Gasteiger partial charge in [-0.2, -0.15) is 0 Å².